The van der Waals surface area contributed by atoms with Crippen molar-refractivity contribution in [3.63, 3.8) is 0 Å². The van der Waals surface area contributed by atoms with Gasteiger partial charge in [-0.3, -0.25) is 4.99 Å². The van der Waals surface area contributed by atoms with E-state index >= 15 is 0 Å². The fraction of sp³-hybridized carbons (Fsp3) is 0.500. The summed E-state index contributed by atoms with van der Waals surface area (Å²) >= 11 is 0. The van der Waals surface area contributed by atoms with Crippen LogP contribution in [0, 0.1) is 11.8 Å². The maximum atomic E-state index is 8.21. The van der Waals surface area contributed by atoms with E-state index in [-0.39, 0.29) is 6.73 Å². The first-order chi connectivity index (χ1) is 3.81. The molecule has 0 bridgehead atoms. The Morgan fingerprint density at radius 3 is 2.75 bits per heavy atom. The minimum atomic E-state index is -0.166. The molecular formula is C6H9NO. The van der Waals surface area contributed by atoms with Gasteiger partial charge in [0.1, 0.15) is 6.73 Å². The molecule has 0 atom stereocenters. The van der Waals surface area contributed by atoms with E-state index in [1.165, 1.54) is 0 Å². The molecular weight excluding hydrogens is 102 g/mol. The van der Waals surface area contributed by atoms with Crippen LogP contribution in [0.3, 0.4) is 0 Å². The van der Waals surface area contributed by atoms with E-state index in [4.69, 9.17) is 5.11 Å². The van der Waals surface area contributed by atoms with Crippen LogP contribution in [0.1, 0.15) is 13.8 Å². The second-order valence-corrected chi connectivity index (χ2v) is 1.26. The molecule has 0 saturated carbocycles. The van der Waals surface area contributed by atoms with Crippen LogP contribution in [-0.4, -0.2) is 17.5 Å². The van der Waals surface area contributed by atoms with Crippen LogP contribution in [0.2, 0.25) is 0 Å². The van der Waals surface area contributed by atoms with Crippen molar-refractivity contribution in [3.05, 3.63) is 0 Å². The molecule has 2 nitrogen and oxygen atoms in total. The minimum absolute atomic E-state index is 0.166. The number of hydrogen-bond acceptors (Lipinski definition) is 2. The van der Waals surface area contributed by atoms with E-state index < -0.39 is 0 Å². The predicted octanol–water partition coefficient (Wildman–Crippen LogP) is 0.420. The fourth-order valence-corrected chi connectivity index (χ4v) is 0.326. The summed E-state index contributed by atoms with van der Waals surface area (Å²) in [4.78, 5) is 3.61. The van der Waals surface area contributed by atoms with Gasteiger partial charge in [0, 0.05) is 0 Å². The highest BCUT2D eigenvalue weighted by molar-refractivity contribution is 5.98. The summed E-state index contributed by atoms with van der Waals surface area (Å²) < 4.78 is 0. The van der Waals surface area contributed by atoms with Crippen molar-refractivity contribution in [2.75, 3.05) is 6.73 Å². The maximum Gasteiger partial charge on any atom is 0.135 e. The zero-order valence-electron chi connectivity index (χ0n) is 5.10. The average molecular weight is 111 g/mol. The van der Waals surface area contributed by atoms with Gasteiger partial charge in [-0.05, 0) is 13.8 Å². The Bertz CT molecular complexity index is 138. The molecule has 0 unspecified atom stereocenters. The van der Waals surface area contributed by atoms with E-state index in [9.17, 15) is 0 Å². The summed E-state index contributed by atoms with van der Waals surface area (Å²) in [6.07, 6.45) is 0. The first-order valence-corrected chi connectivity index (χ1v) is 2.36. The Hall–Kier alpha value is -0.810. The van der Waals surface area contributed by atoms with Gasteiger partial charge in [0.05, 0.1) is 5.71 Å². The second-order valence-electron chi connectivity index (χ2n) is 1.26. The molecule has 2 heteroatoms. The molecule has 0 saturated heterocycles. The van der Waals surface area contributed by atoms with Gasteiger partial charge in [0.25, 0.3) is 0 Å². The topological polar surface area (TPSA) is 32.6 Å². The van der Waals surface area contributed by atoms with Gasteiger partial charge < -0.3 is 5.11 Å². The van der Waals surface area contributed by atoms with Gasteiger partial charge in [-0.25, -0.2) is 0 Å². The lowest BCUT2D eigenvalue weighted by molar-refractivity contribution is 0.309. The normalized spacial score (nSPS) is 10.1. The van der Waals surface area contributed by atoms with E-state index in [1.807, 2.05) is 0 Å². The Morgan fingerprint density at radius 1 is 1.75 bits per heavy atom. The molecule has 0 aliphatic carbocycles. The van der Waals surface area contributed by atoms with Gasteiger partial charge in [0.15, 0.2) is 0 Å². The molecule has 0 rings (SSSR count). The molecule has 0 aromatic rings. The Labute approximate surface area is 49.3 Å². The van der Waals surface area contributed by atoms with Gasteiger partial charge in [-0.2, -0.15) is 0 Å². The highest BCUT2D eigenvalue weighted by atomic mass is 16.3. The molecule has 0 spiro atoms. The minimum Gasteiger partial charge on any atom is -0.375 e. The van der Waals surface area contributed by atoms with Crippen molar-refractivity contribution >= 4 is 5.71 Å². The van der Waals surface area contributed by atoms with Crippen LogP contribution in [0.15, 0.2) is 4.99 Å². The van der Waals surface area contributed by atoms with E-state index in [1.54, 1.807) is 13.8 Å². The highest BCUT2D eigenvalue weighted by Crippen LogP contribution is 1.71. The van der Waals surface area contributed by atoms with Gasteiger partial charge in [-0.1, -0.05) is 5.92 Å². The van der Waals surface area contributed by atoms with Crippen LogP contribution in [-0.2, 0) is 0 Å². The number of nitrogens with zero attached hydrogens (tertiary/aromatic N) is 1. The summed E-state index contributed by atoms with van der Waals surface area (Å²) in [6, 6.07) is 0. The van der Waals surface area contributed by atoms with Crippen LogP contribution in [0.25, 0.3) is 0 Å². The fourth-order valence-electron chi connectivity index (χ4n) is 0.326. The summed E-state index contributed by atoms with van der Waals surface area (Å²) in [5, 5.41) is 8.21. The summed E-state index contributed by atoms with van der Waals surface area (Å²) in [7, 11) is 0. The van der Waals surface area contributed by atoms with Crippen LogP contribution < -0.4 is 0 Å². The Morgan fingerprint density at radius 2 is 2.38 bits per heavy atom. The summed E-state index contributed by atoms with van der Waals surface area (Å²) in [5.74, 6) is 5.35. The van der Waals surface area contributed by atoms with Crippen molar-refractivity contribution in [1.82, 2.24) is 0 Å². The van der Waals surface area contributed by atoms with Crippen molar-refractivity contribution in [2.24, 2.45) is 4.99 Å². The molecule has 0 aliphatic rings. The number of aliphatic imine (C=N–C) groups is 1. The Kier molecular flexibility index (Phi) is 3.91. The lowest BCUT2D eigenvalue weighted by atomic mass is 10.4. The third-order valence-electron chi connectivity index (χ3n) is 0.614. The number of rotatable bonds is 1. The third kappa shape index (κ3) is 3.38. The molecule has 1 N–H and O–H groups in total. The number of aliphatic hydroxyl groups is 1. The Balaban J connectivity index is 3.74. The third-order valence-corrected chi connectivity index (χ3v) is 0.614. The molecule has 44 valence electrons. The van der Waals surface area contributed by atoms with Gasteiger partial charge in [-0.15, -0.1) is 5.92 Å². The number of aliphatic hydroxyl groups excluding tert-OH is 1. The first kappa shape index (κ1) is 7.19. The second kappa shape index (κ2) is 4.35. The molecule has 0 aromatic heterocycles. The SMILES string of the molecule is CC#CC(C)=NCO. The summed E-state index contributed by atoms with van der Waals surface area (Å²) in [5.41, 5.74) is 0.676. The van der Waals surface area contributed by atoms with Crippen molar-refractivity contribution in [1.29, 1.82) is 0 Å². The molecule has 0 radical (unpaired) electrons. The zero-order chi connectivity index (χ0) is 6.41. The van der Waals surface area contributed by atoms with Crippen LogP contribution in [0.5, 0.6) is 0 Å². The van der Waals surface area contributed by atoms with Gasteiger partial charge >= 0.3 is 0 Å². The zero-order valence-corrected chi connectivity index (χ0v) is 5.10. The predicted molar refractivity (Wildman–Crippen MR) is 33.6 cm³/mol. The van der Waals surface area contributed by atoms with E-state index in [2.05, 4.69) is 16.8 Å². The number of hydrogen-bond donors (Lipinski definition) is 1. The molecule has 8 heavy (non-hydrogen) atoms. The van der Waals surface area contributed by atoms with Crippen molar-refractivity contribution < 1.29 is 5.11 Å². The standard InChI is InChI=1S/C6H9NO/c1-3-4-6(2)7-5-8/h8H,5H2,1-2H3. The average Bonchev–Trinajstić information content (AvgIpc) is 1.68. The molecule has 0 heterocycles. The monoisotopic (exact) mass is 111 g/mol. The summed E-state index contributed by atoms with van der Waals surface area (Å²) in [6.45, 7) is 3.32. The molecule has 0 amide bonds. The highest BCUT2D eigenvalue weighted by Gasteiger charge is 1.75. The molecule has 0 aliphatic heterocycles. The smallest absolute Gasteiger partial charge is 0.135 e. The van der Waals surface area contributed by atoms with E-state index in [0.717, 1.165) is 0 Å². The van der Waals surface area contributed by atoms with Crippen LogP contribution >= 0.6 is 0 Å². The van der Waals surface area contributed by atoms with Gasteiger partial charge in [0.2, 0.25) is 0 Å². The largest absolute Gasteiger partial charge is 0.375 e. The van der Waals surface area contributed by atoms with Crippen molar-refractivity contribution in [2.45, 2.75) is 13.8 Å². The van der Waals surface area contributed by atoms with Crippen molar-refractivity contribution in [3.8, 4) is 11.8 Å². The quantitative estimate of drug-likeness (QED) is 0.386. The van der Waals surface area contributed by atoms with E-state index in [0.29, 0.717) is 5.71 Å². The first-order valence-electron chi connectivity index (χ1n) is 2.36. The molecule has 0 fully saturated rings. The maximum absolute atomic E-state index is 8.21. The lowest BCUT2D eigenvalue weighted by Crippen LogP contribution is -1.86. The molecule has 0 aromatic carbocycles. The van der Waals surface area contributed by atoms with Crippen LogP contribution in [0.4, 0.5) is 0 Å². The lowest BCUT2D eigenvalue weighted by Gasteiger charge is -1.81.